The van der Waals surface area contributed by atoms with Gasteiger partial charge in [0.25, 0.3) is 6.29 Å². The van der Waals surface area contributed by atoms with E-state index in [1.54, 1.807) is 30.7 Å². The molecule has 3 rings (SSSR count). The largest absolute Gasteiger partial charge is 0.455 e. The number of hydrogen-bond donors (Lipinski definition) is 1. The number of benzene rings is 1. The van der Waals surface area contributed by atoms with Gasteiger partial charge in [-0.1, -0.05) is 23.7 Å². The summed E-state index contributed by atoms with van der Waals surface area (Å²) >= 11 is 11.7. The van der Waals surface area contributed by atoms with Gasteiger partial charge in [0.2, 0.25) is 5.28 Å². The second kappa shape index (κ2) is 6.20. The fourth-order valence-corrected chi connectivity index (χ4v) is 2.17. The number of nitrogens with zero attached hydrogens (tertiary/aromatic N) is 2. The monoisotopic (exact) mass is 323 g/mol. The van der Waals surface area contributed by atoms with Gasteiger partial charge in [0.15, 0.2) is 5.76 Å². The van der Waals surface area contributed by atoms with Crippen molar-refractivity contribution in [3.8, 4) is 0 Å². The number of nitrogens with one attached hydrogen (secondary N) is 1. The highest BCUT2D eigenvalue weighted by Crippen LogP contribution is 2.29. The van der Waals surface area contributed by atoms with E-state index in [1.807, 2.05) is 12.1 Å². The summed E-state index contributed by atoms with van der Waals surface area (Å²) in [5.74, 6) is 1.28. The maximum absolute atomic E-state index is 5.95. The minimum atomic E-state index is -0.477. The molecule has 0 bridgehead atoms. The summed E-state index contributed by atoms with van der Waals surface area (Å²) in [6.07, 6.45) is 2.67. The van der Waals surface area contributed by atoms with Crippen LogP contribution in [0.4, 0.5) is 5.82 Å². The van der Waals surface area contributed by atoms with E-state index in [9.17, 15) is 0 Å². The van der Waals surface area contributed by atoms with Crippen molar-refractivity contribution in [2.75, 3.05) is 11.9 Å². The third-order valence-electron chi connectivity index (χ3n) is 2.77. The van der Waals surface area contributed by atoms with E-state index in [-0.39, 0.29) is 5.28 Å². The van der Waals surface area contributed by atoms with E-state index in [4.69, 9.17) is 32.7 Å². The van der Waals surface area contributed by atoms with E-state index in [1.165, 1.54) is 0 Å². The lowest BCUT2D eigenvalue weighted by Gasteiger charge is -2.12. The molecule has 1 aliphatic heterocycles. The number of aromatic nitrogens is 2. The van der Waals surface area contributed by atoms with Crippen molar-refractivity contribution >= 4 is 29.0 Å². The predicted octanol–water partition coefficient (Wildman–Crippen LogP) is 3.78. The molecule has 0 radical (unpaired) electrons. The van der Waals surface area contributed by atoms with Crippen LogP contribution in [0.25, 0.3) is 0 Å². The molecule has 1 N–H and O–H groups in total. The van der Waals surface area contributed by atoms with Crippen molar-refractivity contribution in [2.24, 2.45) is 0 Å². The van der Waals surface area contributed by atoms with E-state index in [0.717, 1.165) is 5.56 Å². The molecule has 21 heavy (non-hydrogen) atoms. The first-order chi connectivity index (χ1) is 10.2. The summed E-state index contributed by atoms with van der Waals surface area (Å²) in [5, 5.41) is 3.91. The second-order valence-electron chi connectivity index (χ2n) is 4.29. The summed E-state index contributed by atoms with van der Waals surface area (Å²) in [6, 6.07) is 9.07. The highest BCUT2D eigenvalue weighted by molar-refractivity contribution is 6.30. The average Bonchev–Trinajstić information content (AvgIpc) is 2.94. The molecular weight excluding hydrogens is 313 g/mol. The molecular formula is C14H11Cl2N3O2. The van der Waals surface area contributed by atoms with Crippen molar-refractivity contribution in [3.63, 3.8) is 0 Å². The molecule has 5 nitrogen and oxygen atoms in total. The van der Waals surface area contributed by atoms with E-state index in [2.05, 4.69) is 15.3 Å². The fourth-order valence-electron chi connectivity index (χ4n) is 1.82. The van der Waals surface area contributed by atoms with Gasteiger partial charge >= 0.3 is 0 Å². The number of hydrogen-bond acceptors (Lipinski definition) is 5. The number of anilines is 1. The molecule has 0 saturated heterocycles. The summed E-state index contributed by atoms with van der Waals surface area (Å²) < 4.78 is 11.2. The molecule has 2 heterocycles. The van der Waals surface area contributed by atoms with Crippen molar-refractivity contribution in [2.45, 2.75) is 6.29 Å². The van der Waals surface area contributed by atoms with Crippen molar-refractivity contribution < 1.29 is 9.47 Å². The lowest BCUT2D eigenvalue weighted by atomic mass is 10.2. The third kappa shape index (κ3) is 3.56. The Morgan fingerprint density at radius 1 is 1.24 bits per heavy atom. The van der Waals surface area contributed by atoms with Crippen LogP contribution in [0, 0.1) is 0 Å². The third-order valence-corrected chi connectivity index (χ3v) is 3.19. The topological polar surface area (TPSA) is 56.3 Å². The summed E-state index contributed by atoms with van der Waals surface area (Å²) in [5.41, 5.74) is 0.860. The molecule has 1 unspecified atom stereocenters. The predicted molar refractivity (Wildman–Crippen MR) is 80.0 cm³/mol. The maximum Gasteiger partial charge on any atom is 0.266 e. The minimum absolute atomic E-state index is 0.189. The Morgan fingerprint density at radius 2 is 2.14 bits per heavy atom. The Labute approximate surface area is 131 Å². The first-order valence-electron chi connectivity index (χ1n) is 6.20. The van der Waals surface area contributed by atoms with Crippen LogP contribution in [0.15, 0.2) is 48.5 Å². The zero-order chi connectivity index (χ0) is 14.7. The van der Waals surface area contributed by atoms with Gasteiger partial charge in [-0.2, -0.15) is 0 Å². The van der Waals surface area contributed by atoms with Gasteiger partial charge < -0.3 is 14.8 Å². The van der Waals surface area contributed by atoms with Crippen molar-refractivity contribution in [3.05, 3.63) is 64.4 Å². The normalized spacial score (nSPS) is 16.9. The molecule has 0 fully saturated rings. The van der Waals surface area contributed by atoms with Crippen molar-refractivity contribution in [1.82, 2.24) is 9.97 Å². The molecule has 0 saturated carbocycles. The van der Waals surface area contributed by atoms with Gasteiger partial charge in [0.05, 0.1) is 6.54 Å². The Hall–Kier alpha value is -1.98. The van der Waals surface area contributed by atoms with Gasteiger partial charge in [0, 0.05) is 16.8 Å². The smallest absolute Gasteiger partial charge is 0.266 e. The molecule has 0 aliphatic carbocycles. The summed E-state index contributed by atoms with van der Waals surface area (Å²) in [6.45, 7) is 0.435. The minimum Gasteiger partial charge on any atom is -0.455 e. The number of rotatable bonds is 4. The molecule has 2 aromatic rings. The first-order valence-corrected chi connectivity index (χ1v) is 6.95. The van der Waals surface area contributed by atoms with Crippen LogP contribution in [0.5, 0.6) is 0 Å². The Morgan fingerprint density at radius 3 is 2.95 bits per heavy atom. The fraction of sp³-hybridized carbons (Fsp3) is 0.143. The van der Waals surface area contributed by atoms with E-state index in [0.29, 0.717) is 23.1 Å². The maximum atomic E-state index is 5.95. The average molecular weight is 324 g/mol. The zero-order valence-electron chi connectivity index (χ0n) is 10.8. The van der Waals surface area contributed by atoms with Crippen LogP contribution >= 0.6 is 23.2 Å². The van der Waals surface area contributed by atoms with Crippen LogP contribution in [0.3, 0.4) is 0 Å². The van der Waals surface area contributed by atoms with Gasteiger partial charge in [-0.25, -0.2) is 9.97 Å². The Bertz CT molecular complexity index is 679. The first kappa shape index (κ1) is 14.0. The van der Waals surface area contributed by atoms with Crippen LogP contribution in [-0.2, 0) is 9.47 Å². The van der Waals surface area contributed by atoms with Crippen molar-refractivity contribution in [1.29, 1.82) is 0 Å². The van der Waals surface area contributed by atoms with Crippen LogP contribution in [0.1, 0.15) is 11.9 Å². The summed E-state index contributed by atoms with van der Waals surface area (Å²) in [7, 11) is 0. The van der Waals surface area contributed by atoms with E-state index >= 15 is 0 Å². The van der Waals surface area contributed by atoms with Gasteiger partial charge in [0.1, 0.15) is 12.1 Å². The molecule has 0 amide bonds. The highest BCUT2D eigenvalue weighted by atomic mass is 35.5. The lowest BCUT2D eigenvalue weighted by Crippen LogP contribution is -2.08. The number of halogens is 2. The molecule has 1 aromatic heterocycles. The molecule has 0 spiro atoms. The van der Waals surface area contributed by atoms with Gasteiger partial charge in [-0.15, -0.1) is 0 Å². The molecule has 1 aromatic carbocycles. The van der Waals surface area contributed by atoms with Crippen LogP contribution in [-0.4, -0.2) is 16.5 Å². The second-order valence-corrected chi connectivity index (χ2v) is 5.06. The molecule has 108 valence electrons. The van der Waals surface area contributed by atoms with E-state index < -0.39 is 6.29 Å². The lowest BCUT2D eigenvalue weighted by molar-refractivity contribution is -0.0336. The Balaban J connectivity index is 1.57. The van der Waals surface area contributed by atoms with Gasteiger partial charge in [-0.05, 0) is 29.8 Å². The molecule has 1 atom stereocenters. The molecule has 1 aliphatic rings. The van der Waals surface area contributed by atoms with Crippen LogP contribution < -0.4 is 5.32 Å². The van der Waals surface area contributed by atoms with Crippen LogP contribution in [0.2, 0.25) is 10.3 Å². The quantitative estimate of drug-likeness (QED) is 0.868. The zero-order valence-corrected chi connectivity index (χ0v) is 12.3. The number of ether oxygens (including phenoxy) is 2. The Kier molecular flexibility index (Phi) is 4.13. The highest BCUT2D eigenvalue weighted by Gasteiger charge is 2.21. The SMILES string of the molecule is Clc1cccc(C2OC=C(CNc3ccnc(Cl)n3)O2)c1. The summed E-state index contributed by atoms with van der Waals surface area (Å²) in [4.78, 5) is 7.84. The standard InChI is InChI=1S/C14H11Cl2N3O2/c15-10-3-1-2-9(6-10)13-20-8-11(21-13)7-18-12-4-5-17-14(16)19-12/h1-6,8,13H,7H2,(H,17,18,19). The van der Waals surface area contributed by atoms with Gasteiger partial charge in [-0.3, -0.25) is 0 Å². The molecule has 7 heteroatoms.